The van der Waals surface area contributed by atoms with Gasteiger partial charge in [0.2, 0.25) is 16.8 Å². The molecule has 0 aliphatic carbocycles. The summed E-state index contributed by atoms with van der Waals surface area (Å²) in [4.78, 5) is 2.53. The molecule has 2 aromatic carbocycles. The van der Waals surface area contributed by atoms with E-state index in [1.165, 1.54) is 6.07 Å². The molecule has 0 aromatic heterocycles. The number of ether oxygens (including phenoxy) is 2. The minimum atomic E-state index is -3.63. The minimum absolute atomic E-state index is 0.0301. The van der Waals surface area contributed by atoms with E-state index >= 15 is 0 Å². The third-order valence-electron chi connectivity index (χ3n) is 4.89. The first-order valence-corrected chi connectivity index (χ1v) is 10.3. The number of benzene rings is 2. The Bertz CT molecular complexity index is 864. The Morgan fingerprint density at radius 3 is 2.50 bits per heavy atom. The molecule has 7 heteroatoms. The summed E-state index contributed by atoms with van der Waals surface area (Å²) >= 11 is 0. The SMILES string of the molecule is O=S(=O)(NC[C@H](c1ccccc1)N1CCCC1)c1ccc2c(c1)OCO2. The van der Waals surface area contributed by atoms with Gasteiger partial charge in [-0.1, -0.05) is 30.3 Å². The van der Waals surface area contributed by atoms with Gasteiger partial charge in [0.1, 0.15) is 0 Å². The second-order valence-corrected chi connectivity index (χ2v) is 8.30. The van der Waals surface area contributed by atoms with Crippen LogP contribution in [0.25, 0.3) is 0 Å². The predicted octanol–water partition coefficient (Wildman–Crippen LogP) is 2.53. The Morgan fingerprint density at radius 1 is 1.00 bits per heavy atom. The Kier molecular flexibility index (Phi) is 4.84. The number of fused-ring (bicyclic) bond motifs is 1. The number of rotatable bonds is 6. The summed E-state index contributed by atoms with van der Waals surface area (Å²) in [5.74, 6) is 1.04. The number of hydrogen-bond acceptors (Lipinski definition) is 5. The van der Waals surface area contributed by atoms with E-state index < -0.39 is 10.0 Å². The number of sulfonamides is 1. The summed E-state index contributed by atoms with van der Waals surface area (Å²) in [5, 5.41) is 0. The molecule has 138 valence electrons. The summed E-state index contributed by atoms with van der Waals surface area (Å²) < 4.78 is 38.8. The van der Waals surface area contributed by atoms with E-state index in [4.69, 9.17) is 9.47 Å². The van der Waals surface area contributed by atoms with Crippen LogP contribution in [0.2, 0.25) is 0 Å². The fourth-order valence-corrected chi connectivity index (χ4v) is 4.56. The van der Waals surface area contributed by atoms with Gasteiger partial charge in [0, 0.05) is 18.7 Å². The highest BCUT2D eigenvalue weighted by atomic mass is 32.2. The normalized spacial score (nSPS) is 18.2. The molecule has 2 heterocycles. The monoisotopic (exact) mass is 374 g/mol. The van der Waals surface area contributed by atoms with E-state index in [-0.39, 0.29) is 17.7 Å². The Labute approximate surface area is 153 Å². The van der Waals surface area contributed by atoms with Gasteiger partial charge in [-0.3, -0.25) is 4.90 Å². The number of nitrogens with one attached hydrogen (secondary N) is 1. The van der Waals surface area contributed by atoms with E-state index in [0.717, 1.165) is 31.5 Å². The third kappa shape index (κ3) is 3.56. The molecule has 0 amide bonds. The highest BCUT2D eigenvalue weighted by Gasteiger charge is 2.26. The van der Waals surface area contributed by atoms with Crippen LogP contribution in [0, 0.1) is 0 Å². The quantitative estimate of drug-likeness (QED) is 0.842. The van der Waals surface area contributed by atoms with Crippen molar-refractivity contribution in [3.05, 3.63) is 54.1 Å². The van der Waals surface area contributed by atoms with Crippen molar-refractivity contribution < 1.29 is 17.9 Å². The van der Waals surface area contributed by atoms with Gasteiger partial charge in [0.15, 0.2) is 11.5 Å². The van der Waals surface area contributed by atoms with Crippen molar-refractivity contribution >= 4 is 10.0 Å². The first kappa shape index (κ1) is 17.3. The number of nitrogens with zero attached hydrogens (tertiary/aromatic N) is 1. The maximum Gasteiger partial charge on any atom is 0.240 e. The summed E-state index contributed by atoms with van der Waals surface area (Å²) in [6, 6.07) is 14.8. The van der Waals surface area contributed by atoms with E-state index in [1.54, 1.807) is 12.1 Å². The van der Waals surface area contributed by atoms with Crippen LogP contribution in [0.4, 0.5) is 0 Å². The maximum atomic E-state index is 12.8. The molecule has 2 aliphatic heterocycles. The average molecular weight is 374 g/mol. The van der Waals surface area contributed by atoms with Crippen LogP contribution in [0.3, 0.4) is 0 Å². The molecule has 2 aliphatic rings. The molecule has 6 nitrogen and oxygen atoms in total. The molecule has 1 fully saturated rings. The van der Waals surface area contributed by atoms with Gasteiger partial charge >= 0.3 is 0 Å². The van der Waals surface area contributed by atoms with Crippen LogP contribution in [-0.2, 0) is 10.0 Å². The van der Waals surface area contributed by atoms with Gasteiger partial charge in [-0.25, -0.2) is 13.1 Å². The van der Waals surface area contributed by atoms with Crippen molar-refractivity contribution in [1.82, 2.24) is 9.62 Å². The average Bonchev–Trinajstić information content (AvgIpc) is 3.34. The van der Waals surface area contributed by atoms with Crippen LogP contribution in [0.15, 0.2) is 53.4 Å². The lowest BCUT2D eigenvalue weighted by atomic mass is 10.1. The summed E-state index contributed by atoms with van der Waals surface area (Å²) in [5.41, 5.74) is 1.13. The van der Waals surface area contributed by atoms with Crippen molar-refractivity contribution in [3.63, 3.8) is 0 Å². The van der Waals surface area contributed by atoms with E-state index in [0.29, 0.717) is 18.0 Å². The first-order chi connectivity index (χ1) is 12.6. The zero-order chi connectivity index (χ0) is 18.0. The van der Waals surface area contributed by atoms with Crippen molar-refractivity contribution in [2.45, 2.75) is 23.8 Å². The lowest BCUT2D eigenvalue weighted by Crippen LogP contribution is -2.36. The lowest BCUT2D eigenvalue weighted by Gasteiger charge is -2.28. The van der Waals surface area contributed by atoms with E-state index in [9.17, 15) is 8.42 Å². The van der Waals surface area contributed by atoms with Crippen LogP contribution in [0.1, 0.15) is 24.4 Å². The molecule has 0 radical (unpaired) electrons. The zero-order valence-electron chi connectivity index (χ0n) is 14.4. The predicted molar refractivity (Wildman–Crippen MR) is 97.7 cm³/mol. The number of likely N-dealkylation sites (tertiary alicyclic amines) is 1. The molecular weight excluding hydrogens is 352 g/mol. The molecule has 0 unspecified atom stereocenters. The van der Waals surface area contributed by atoms with Crippen LogP contribution < -0.4 is 14.2 Å². The van der Waals surface area contributed by atoms with Crippen molar-refractivity contribution in [1.29, 1.82) is 0 Å². The fraction of sp³-hybridized carbons (Fsp3) is 0.368. The second-order valence-electron chi connectivity index (χ2n) is 6.54. The van der Waals surface area contributed by atoms with Gasteiger partial charge in [-0.15, -0.1) is 0 Å². The topological polar surface area (TPSA) is 67.9 Å². The van der Waals surface area contributed by atoms with Gasteiger partial charge in [-0.05, 0) is 43.6 Å². The molecule has 1 N–H and O–H groups in total. The molecular formula is C19H22N2O4S. The molecule has 1 saturated heterocycles. The van der Waals surface area contributed by atoms with Gasteiger partial charge in [-0.2, -0.15) is 0 Å². The van der Waals surface area contributed by atoms with Crippen molar-refractivity contribution in [2.24, 2.45) is 0 Å². The minimum Gasteiger partial charge on any atom is -0.454 e. The summed E-state index contributed by atoms with van der Waals surface area (Å²) in [7, 11) is -3.63. The van der Waals surface area contributed by atoms with Crippen LogP contribution in [-0.4, -0.2) is 39.7 Å². The highest BCUT2D eigenvalue weighted by molar-refractivity contribution is 7.89. The largest absolute Gasteiger partial charge is 0.454 e. The molecule has 26 heavy (non-hydrogen) atoms. The third-order valence-corrected chi connectivity index (χ3v) is 6.31. The molecule has 2 aromatic rings. The smallest absolute Gasteiger partial charge is 0.240 e. The van der Waals surface area contributed by atoms with E-state index in [1.807, 2.05) is 18.2 Å². The zero-order valence-corrected chi connectivity index (χ0v) is 15.2. The van der Waals surface area contributed by atoms with Gasteiger partial charge < -0.3 is 9.47 Å². The molecule has 1 atom stereocenters. The lowest BCUT2D eigenvalue weighted by molar-refractivity contribution is 0.174. The fourth-order valence-electron chi connectivity index (χ4n) is 3.50. The van der Waals surface area contributed by atoms with Crippen LogP contribution in [0.5, 0.6) is 11.5 Å². The Hall–Kier alpha value is -2.09. The highest BCUT2D eigenvalue weighted by Crippen LogP contribution is 2.34. The second kappa shape index (κ2) is 7.26. The standard InChI is InChI=1S/C19H22N2O4S/c22-26(23,16-8-9-18-19(12-16)25-14-24-18)20-13-17(21-10-4-5-11-21)15-6-2-1-3-7-15/h1-3,6-9,12,17,20H,4-5,10-11,13-14H2/t17-/m1/s1. The first-order valence-electron chi connectivity index (χ1n) is 8.82. The molecule has 0 bridgehead atoms. The molecule has 4 rings (SSSR count). The number of hydrogen-bond donors (Lipinski definition) is 1. The Balaban J connectivity index is 1.53. The van der Waals surface area contributed by atoms with E-state index in [2.05, 4.69) is 21.8 Å². The van der Waals surface area contributed by atoms with Crippen molar-refractivity contribution in [2.75, 3.05) is 26.4 Å². The van der Waals surface area contributed by atoms with Crippen molar-refractivity contribution in [3.8, 4) is 11.5 Å². The summed E-state index contributed by atoms with van der Waals surface area (Å²) in [6.07, 6.45) is 2.30. The van der Waals surface area contributed by atoms with Crippen LogP contribution >= 0.6 is 0 Å². The maximum absolute atomic E-state index is 12.8. The summed E-state index contributed by atoms with van der Waals surface area (Å²) in [6.45, 7) is 2.44. The van der Waals surface area contributed by atoms with Gasteiger partial charge in [0.05, 0.1) is 4.90 Å². The molecule has 0 saturated carbocycles. The molecule has 0 spiro atoms. The Morgan fingerprint density at radius 2 is 1.73 bits per heavy atom. The van der Waals surface area contributed by atoms with Gasteiger partial charge in [0.25, 0.3) is 0 Å².